The molecule has 2 aliphatic rings. The summed E-state index contributed by atoms with van der Waals surface area (Å²) in [5.74, 6) is 1.82. The number of anilines is 2. The smallest absolute Gasteiger partial charge is 0.224 e. The van der Waals surface area contributed by atoms with Crippen LogP contribution in [-0.4, -0.2) is 58.3 Å². The molecule has 0 unspecified atom stereocenters. The molecule has 0 radical (unpaired) electrons. The van der Waals surface area contributed by atoms with E-state index in [1.807, 2.05) is 0 Å². The number of benzene rings is 1. The van der Waals surface area contributed by atoms with Gasteiger partial charge in [-0.1, -0.05) is 30.3 Å². The van der Waals surface area contributed by atoms with Gasteiger partial charge in [0.2, 0.25) is 5.95 Å². The Morgan fingerprint density at radius 1 is 1.14 bits per heavy atom. The Morgan fingerprint density at radius 2 is 1.93 bits per heavy atom. The molecule has 7 nitrogen and oxygen atoms in total. The van der Waals surface area contributed by atoms with Crippen molar-refractivity contribution in [3.63, 3.8) is 0 Å². The molecule has 1 atom stereocenters. The third-order valence-corrected chi connectivity index (χ3v) is 6.52. The molecule has 3 N–H and O–H groups in total. The van der Waals surface area contributed by atoms with E-state index >= 15 is 0 Å². The molecule has 5 rings (SSSR count). The van der Waals surface area contributed by atoms with Crippen molar-refractivity contribution in [2.45, 2.75) is 25.2 Å². The van der Waals surface area contributed by atoms with Crippen LogP contribution in [0.1, 0.15) is 30.7 Å². The predicted molar refractivity (Wildman–Crippen MR) is 111 cm³/mol. The van der Waals surface area contributed by atoms with E-state index in [0.717, 1.165) is 30.8 Å². The quantitative estimate of drug-likeness (QED) is 0.714. The molecular formula is C21H27N7. The van der Waals surface area contributed by atoms with Crippen molar-refractivity contribution in [2.75, 3.05) is 43.9 Å². The Kier molecular flexibility index (Phi) is 4.19. The van der Waals surface area contributed by atoms with Gasteiger partial charge in [-0.15, -0.1) is 0 Å². The third-order valence-electron chi connectivity index (χ3n) is 6.52. The number of hydrogen-bond acceptors (Lipinski definition) is 6. The maximum atomic E-state index is 5.92. The molecule has 28 heavy (non-hydrogen) atoms. The molecule has 0 bridgehead atoms. The minimum atomic E-state index is 0.300. The van der Waals surface area contributed by atoms with Crippen molar-refractivity contribution < 1.29 is 0 Å². The molecule has 4 heterocycles. The molecule has 0 aliphatic carbocycles. The molecule has 2 saturated heterocycles. The highest BCUT2D eigenvalue weighted by atomic mass is 15.2. The highest BCUT2D eigenvalue weighted by molar-refractivity contribution is 5.87. The van der Waals surface area contributed by atoms with Gasteiger partial charge in [0, 0.05) is 26.2 Å². The van der Waals surface area contributed by atoms with E-state index in [4.69, 9.17) is 5.73 Å². The first-order valence-corrected chi connectivity index (χ1v) is 10.1. The number of H-pyrrole nitrogens is 1. The molecule has 0 amide bonds. The number of likely N-dealkylation sites (N-methyl/N-ethyl adjacent to an activating group) is 1. The van der Waals surface area contributed by atoms with Crippen molar-refractivity contribution in [3.05, 3.63) is 42.1 Å². The topological polar surface area (TPSA) is 87.0 Å². The number of fused-ring (bicyclic) bond motifs is 1. The van der Waals surface area contributed by atoms with E-state index < -0.39 is 0 Å². The first-order chi connectivity index (χ1) is 13.6. The van der Waals surface area contributed by atoms with E-state index in [-0.39, 0.29) is 0 Å². The summed E-state index contributed by atoms with van der Waals surface area (Å²) in [5, 5.41) is 7.98. The number of nitrogens with two attached hydrogens (primary N) is 1. The molecule has 2 aliphatic heterocycles. The summed E-state index contributed by atoms with van der Waals surface area (Å²) in [5.41, 5.74) is 8.48. The zero-order valence-electron chi connectivity index (χ0n) is 16.3. The Hall–Kier alpha value is -2.67. The van der Waals surface area contributed by atoms with Crippen molar-refractivity contribution in [2.24, 2.45) is 5.41 Å². The average molecular weight is 377 g/mol. The van der Waals surface area contributed by atoms with Crippen LogP contribution < -0.4 is 10.6 Å². The summed E-state index contributed by atoms with van der Waals surface area (Å²) in [6, 6.07) is 11.0. The maximum Gasteiger partial charge on any atom is 0.224 e. The van der Waals surface area contributed by atoms with Crippen molar-refractivity contribution in [1.82, 2.24) is 25.1 Å². The number of piperidine rings is 2. The van der Waals surface area contributed by atoms with E-state index in [1.165, 1.54) is 31.4 Å². The molecule has 2 aromatic heterocycles. The zero-order valence-corrected chi connectivity index (χ0v) is 16.3. The number of hydrogen-bond donors (Lipinski definition) is 2. The van der Waals surface area contributed by atoms with E-state index in [0.29, 0.717) is 22.9 Å². The molecule has 0 saturated carbocycles. The second kappa shape index (κ2) is 6.74. The standard InChI is InChI=1S/C21H27N7/c1-27-13-16(15-5-3-2-4-6-15)11-21(14-27)7-9-28(10-8-21)19-17-12-23-26-18(17)24-20(22)25-19/h2-6,12,16H,7-11,13-14H2,1H3,(H3,22,23,24,25,26)/t16-/m0/s1. The van der Waals surface area contributed by atoms with Gasteiger partial charge in [0.1, 0.15) is 5.82 Å². The van der Waals surface area contributed by atoms with Crippen LogP contribution in [0.15, 0.2) is 36.5 Å². The second-order valence-corrected chi connectivity index (χ2v) is 8.53. The van der Waals surface area contributed by atoms with E-state index in [9.17, 15) is 0 Å². The Balaban J connectivity index is 1.36. The normalized spacial score (nSPS) is 22.8. The minimum Gasteiger partial charge on any atom is -0.368 e. The van der Waals surface area contributed by atoms with Gasteiger partial charge in [-0.25, -0.2) is 0 Å². The largest absolute Gasteiger partial charge is 0.368 e. The Morgan fingerprint density at radius 3 is 2.71 bits per heavy atom. The summed E-state index contributed by atoms with van der Waals surface area (Å²) < 4.78 is 0. The molecule has 7 heteroatoms. The van der Waals surface area contributed by atoms with Crippen LogP contribution in [0.2, 0.25) is 0 Å². The van der Waals surface area contributed by atoms with Crippen LogP contribution in [0.25, 0.3) is 11.0 Å². The van der Waals surface area contributed by atoms with Crippen LogP contribution in [-0.2, 0) is 0 Å². The summed E-state index contributed by atoms with van der Waals surface area (Å²) in [6.45, 7) is 4.31. The van der Waals surface area contributed by atoms with Gasteiger partial charge in [-0.2, -0.15) is 15.1 Å². The molecular weight excluding hydrogens is 350 g/mol. The molecule has 1 spiro atoms. The number of nitrogen functional groups attached to an aromatic ring is 1. The SMILES string of the molecule is CN1C[C@@H](c2ccccc2)CC2(CCN(c3nc(N)nc4[nH]ncc34)CC2)C1. The highest BCUT2D eigenvalue weighted by Gasteiger charge is 2.41. The third kappa shape index (κ3) is 3.09. The molecule has 3 aromatic rings. The first kappa shape index (κ1) is 17.4. The molecule has 146 valence electrons. The van der Waals surface area contributed by atoms with Gasteiger partial charge in [0.25, 0.3) is 0 Å². The lowest BCUT2D eigenvalue weighted by atomic mass is 9.68. The van der Waals surface area contributed by atoms with Crippen LogP contribution in [0.5, 0.6) is 0 Å². The highest BCUT2D eigenvalue weighted by Crippen LogP contribution is 2.45. The van der Waals surface area contributed by atoms with Gasteiger partial charge in [0.15, 0.2) is 5.65 Å². The van der Waals surface area contributed by atoms with E-state index in [1.54, 1.807) is 6.20 Å². The lowest BCUT2D eigenvalue weighted by Gasteiger charge is -2.49. The van der Waals surface area contributed by atoms with Crippen molar-refractivity contribution >= 4 is 22.8 Å². The van der Waals surface area contributed by atoms with Gasteiger partial charge in [-0.05, 0) is 43.2 Å². The maximum absolute atomic E-state index is 5.92. The summed E-state index contributed by atoms with van der Waals surface area (Å²) in [4.78, 5) is 13.6. The summed E-state index contributed by atoms with van der Waals surface area (Å²) in [7, 11) is 2.27. The average Bonchev–Trinajstić information content (AvgIpc) is 3.16. The van der Waals surface area contributed by atoms with Gasteiger partial charge in [0.05, 0.1) is 11.6 Å². The number of aromatic nitrogens is 4. The van der Waals surface area contributed by atoms with Gasteiger partial charge >= 0.3 is 0 Å². The fraction of sp³-hybridized carbons (Fsp3) is 0.476. The number of nitrogens with zero attached hydrogens (tertiary/aromatic N) is 5. The Bertz CT molecular complexity index is 959. The first-order valence-electron chi connectivity index (χ1n) is 10.1. The van der Waals surface area contributed by atoms with Gasteiger partial charge in [-0.3, -0.25) is 5.10 Å². The number of likely N-dealkylation sites (tertiary alicyclic amines) is 1. The zero-order chi connectivity index (χ0) is 19.1. The number of nitrogens with one attached hydrogen (secondary N) is 1. The van der Waals surface area contributed by atoms with Crippen molar-refractivity contribution in [3.8, 4) is 0 Å². The van der Waals surface area contributed by atoms with Crippen LogP contribution in [0.3, 0.4) is 0 Å². The fourth-order valence-corrected chi connectivity index (χ4v) is 5.25. The van der Waals surface area contributed by atoms with Gasteiger partial charge < -0.3 is 15.5 Å². The predicted octanol–water partition coefficient (Wildman–Crippen LogP) is 2.64. The number of rotatable bonds is 2. The summed E-state index contributed by atoms with van der Waals surface area (Å²) in [6.07, 6.45) is 5.41. The lowest BCUT2D eigenvalue weighted by Crippen LogP contribution is -2.50. The van der Waals surface area contributed by atoms with E-state index in [2.05, 4.69) is 67.3 Å². The summed E-state index contributed by atoms with van der Waals surface area (Å²) >= 11 is 0. The minimum absolute atomic E-state index is 0.300. The number of aromatic amines is 1. The van der Waals surface area contributed by atoms with Crippen molar-refractivity contribution in [1.29, 1.82) is 0 Å². The van der Waals surface area contributed by atoms with Crippen LogP contribution in [0.4, 0.5) is 11.8 Å². The lowest BCUT2D eigenvalue weighted by molar-refractivity contribution is 0.0671. The van der Waals surface area contributed by atoms with Crippen LogP contribution in [0, 0.1) is 5.41 Å². The second-order valence-electron chi connectivity index (χ2n) is 8.53. The Labute approximate surface area is 165 Å². The molecule has 2 fully saturated rings. The monoisotopic (exact) mass is 377 g/mol. The fourth-order valence-electron chi connectivity index (χ4n) is 5.25. The molecule has 1 aromatic carbocycles. The van der Waals surface area contributed by atoms with Crippen LogP contribution >= 0.6 is 0 Å².